The molecule has 1 saturated heterocycles. The number of nitrogens with zero attached hydrogens (tertiary/aromatic N) is 5. The fourth-order valence-electron chi connectivity index (χ4n) is 4.56. The molecule has 2 aromatic carbocycles. The molecule has 1 fully saturated rings. The van der Waals surface area contributed by atoms with Gasteiger partial charge in [0.25, 0.3) is 11.8 Å². The van der Waals surface area contributed by atoms with Crippen molar-refractivity contribution < 1.29 is 14.7 Å². The van der Waals surface area contributed by atoms with E-state index in [9.17, 15) is 14.7 Å². The van der Waals surface area contributed by atoms with Gasteiger partial charge in [0.05, 0.1) is 10.6 Å². The van der Waals surface area contributed by atoms with Crippen LogP contribution in [0.4, 0.5) is 5.82 Å². The molecule has 0 aliphatic carbocycles. The number of amides is 2. The minimum absolute atomic E-state index is 0.156. The molecule has 0 radical (unpaired) electrons. The smallest absolute Gasteiger partial charge is 0.259 e. The van der Waals surface area contributed by atoms with Crippen molar-refractivity contribution in [3.8, 4) is 11.1 Å². The maximum atomic E-state index is 13.2. The molecule has 1 aliphatic heterocycles. The number of aliphatic imine (C=N–C) groups is 1. The SMILES string of the molecule is C/N=C/c1cc(-c2ccc(C(=O)N(C)C)c(Cl)c2)cnc1N1CCN(C(=O)C(C)(O)c2ccccc2)CC1. The lowest BCUT2D eigenvalue weighted by Crippen LogP contribution is -2.54. The predicted molar refractivity (Wildman–Crippen MR) is 151 cm³/mol. The fourth-order valence-corrected chi connectivity index (χ4v) is 4.82. The highest BCUT2D eigenvalue weighted by Gasteiger charge is 2.37. The minimum atomic E-state index is -1.59. The number of carbonyl (C=O) groups excluding carboxylic acids is 2. The van der Waals surface area contributed by atoms with E-state index >= 15 is 0 Å². The van der Waals surface area contributed by atoms with E-state index < -0.39 is 5.60 Å². The molecule has 2 amide bonds. The van der Waals surface area contributed by atoms with Crippen LogP contribution in [0.5, 0.6) is 0 Å². The Labute approximate surface area is 228 Å². The zero-order valence-corrected chi connectivity index (χ0v) is 22.8. The second-order valence-corrected chi connectivity index (χ2v) is 10.0. The summed E-state index contributed by atoms with van der Waals surface area (Å²) in [5, 5.41) is 11.3. The van der Waals surface area contributed by atoms with Gasteiger partial charge in [-0.2, -0.15) is 0 Å². The van der Waals surface area contributed by atoms with Crippen LogP contribution in [0.1, 0.15) is 28.4 Å². The Morgan fingerprint density at radius 3 is 2.34 bits per heavy atom. The van der Waals surface area contributed by atoms with Crippen molar-refractivity contribution in [2.75, 3.05) is 52.2 Å². The Bertz CT molecular complexity index is 1350. The first-order chi connectivity index (χ1) is 18.1. The molecule has 1 unspecified atom stereocenters. The van der Waals surface area contributed by atoms with Gasteiger partial charge in [-0.25, -0.2) is 4.98 Å². The first-order valence-electron chi connectivity index (χ1n) is 12.4. The van der Waals surface area contributed by atoms with Gasteiger partial charge in [0, 0.05) is 70.9 Å². The molecule has 8 nitrogen and oxygen atoms in total. The Kier molecular flexibility index (Phi) is 8.14. The molecular formula is C29H32ClN5O3. The van der Waals surface area contributed by atoms with Gasteiger partial charge in [-0.1, -0.05) is 48.0 Å². The number of hydrogen-bond donors (Lipinski definition) is 1. The van der Waals surface area contributed by atoms with Crippen LogP contribution in [-0.4, -0.2) is 85.2 Å². The lowest BCUT2D eigenvalue weighted by atomic mass is 9.94. The van der Waals surface area contributed by atoms with E-state index in [1.807, 2.05) is 30.3 Å². The summed E-state index contributed by atoms with van der Waals surface area (Å²) in [6.07, 6.45) is 3.54. The molecule has 2 heterocycles. The first kappa shape index (κ1) is 27.3. The number of rotatable bonds is 6. The Balaban J connectivity index is 1.52. The Morgan fingerprint density at radius 1 is 1.05 bits per heavy atom. The van der Waals surface area contributed by atoms with Gasteiger partial charge < -0.3 is 19.8 Å². The fraction of sp³-hybridized carbons (Fsp3) is 0.310. The van der Waals surface area contributed by atoms with Gasteiger partial charge in [-0.05, 0) is 36.2 Å². The summed E-state index contributed by atoms with van der Waals surface area (Å²) in [7, 11) is 5.08. The third-order valence-corrected chi connectivity index (χ3v) is 7.03. The van der Waals surface area contributed by atoms with E-state index in [4.69, 9.17) is 16.6 Å². The van der Waals surface area contributed by atoms with Crippen LogP contribution in [0.2, 0.25) is 5.02 Å². The zero-order valence-electron chi connectivity index (χ0n) is 22.1. The summed E-state index contributed by atoms with van der Waals surface area (Å²) in [6.45, 7) is 3.61. The lowest BCUT2D eigenvalue weighted by molar-refractivity contribution is -0.150. The number of carbonyl (C=O) groups is 2. The maximum Gasteiger partial charge on any atom is 0.259 e. The molecule has 0 spiro atoms. The number of piperazine rings is 1. The van der Waals surface area contributed by atoms with Crippen LogP contribution >= 0.6 is 11.6 Å². The monoisotopic (exact) mass is 533 g/mol. The van der Waals surface area contributed by atoms with E-state index in [2.05, 4.69) is 9.89 Å². The molecule has 3 aromatic rings. The highest BCUT2D eigenvalue weighted by molar-refractivity contribution is 6.34. The number of pyridine rings is 1. The van der Waals surface area contributed by atoms with E-state index in [0.29, 0.717) is 42.3 Å². The third kappa shape index (κ3) is 5.56. The van der Waals surface area contributed by atoms with Crippen LogP contribution in [0.25, 0.3) is 11.1 Å². The van der Waals surface area contributed by atoms with Crippen molar-refractivity contribution in [2.45, 2.75) is 12.5 Å². The number of halogens is 1. The third-order valence-electron chi connectivity index (χ3n) is 6.72. The molecular weight excluding hydrogens is 502 g/mol. The van der Waals surface area contributed by atoms with E-state index in [0.717, 1.165) is 22.5 Å². The molecule has 0 saturated carbocycles. The Morgan fingerprint density at radius 2 is 1.74 bits per heavy atom. The average Bonchev–Trinajstić information content (AvgIpc) is 2.93. The van der Waals surface area contributed by atoms with Crippen LogP contribution < -0.4 is 4.90 Å². The second kappa shape index (κ2) is 11.3. The lowest BCUT2D eigenvalue weighted by Gasteiger charge is -2.39. The van der Waals surface area contributed by atoms with Gasteiger partial charge in [0.1, 0.15) is 5.82 Å². The largest absolute Gasteiger partial charge is 0.376 e. The molecule has 1 atom stereocenters. The van der Waals surface area contributed by atoms with Crippen molar-refractivity contribution in [1.82, 2.24) is 14.8 Å². The molecule has 0 bridgehead atoms. The summed E-state index contributed by atoms with van der Waals surface area (Å²) in [6, 6.07) is 16.3. The maximum absolute atomic E-state index is 13.2. The summed E-state index contributed by atoms with van der Waals surface area (Å²) in [5.74, 6) is 0.304. The van der Waals surface area contributed by atoms with Crippen LogP contribution in [0.15, 0.2) is 65.8 Å². The topological polar surface area (TPSA) is 89.3 Å². The number of hydrogen-bond acceptors (Lipinski definition) is 6. The summed E-state index contributed by atoms with van der Waals surface area (Å²) >= 11 is 6.43. The van der Waals surface area contributed by atoms with Crippen LogP contribution in [-0.2, 0) is 10.4 Å². The summed E-state index contributed by atoms with van der Waals surface area (Å²) < 4.78 is 0. The average molecular weight is 534 g/mol. The zero-order chi connectivity index (χ0) is 27.4. The summed E-state index contributed by atoms with van der Waals surface area (Å²) in [4.78, 5) is 39.7. The van der Waals surface area contributed by atoms with Gasteiger partial charge in [-0.15, -0.1) is 0 Å². The molecule has 4 rings (SSSR count). The molecule has 1 aromatic heterocycles. The number of anilines is 1. The summed E-state index contributed by atoms with van der Waals surface area (Å²) in [5.41, 5.74) is 1.96. The van der Waals surface area contributed by atoms with Crippen molar-refractivity contribution in [2.24, 2.45) is 4.99 Å². The highest BCUT2D eigenvalue weighted by atomic mass is 35.5. The van der Waals surface area contributed by atoms with E-state index in [-0.39, 0.29) is 11.8 Å². The standard InChI is InChI=1S/C29H32ClN5O3/c1-29(38,23-8-6-5-7-9-23)28(37)35-14-12-34(13-15-35)26-22(18-31-2)16-21(19-32-26)20-10-11-24(25(30)17-20)27(36)33(3)4/h5-11,16-19,38H,12-15H2,1-4H3/b31-18+. The highest BCUT2D eigenvalue weighted by Crippen LogP contribution is 2.30. The number of benzene rings is 2. The van der Waals surface area contributed by atoms with Gasteiger partial charge in [0.15, 0.2) is 5.60 Å². The van der Waals surface area contributed by atoms with Gasteiger partial charge in [-0.3, -0.25) is 14.6 Å². The van der Waals surface area contributed by atoms with Crippen molar-refractivity contribution in [3.05, 3.63) is 82.5 Å². The second-order valence-electron chi connectivity index (χ2n) is 9.64. The molecule has 1 aliphatic rings. The normalized spacial score (nSPS) is 15.4. The van der Waals surface area contributed by atoms with Gasteiger partial charge >= 0.3 is 0 Å². The van der Waals surface area contributed by atoms with Gasteiger partial charge in [0.2, 0.25) is 0 Å². The van der Waals surface area contributed by atoms with Crippen LogP contribution in [0.3, 0.4) is 0 Å². The number of aliphatic hydroxyl groups is 1. The van der Waals surface area contributed by atoms with Crippen molar-refractivity contribution in [1.29, 1.82) is 0 Å². The molecule has 198 valence electrons. The quantitative estimate of drug-likeness (QED) is 0.488. The predicted octanol–water partition coefficient (Wildman–Crippen LogP) is 3.71. The molecule has 38 heavy (non-hydrogen) atoms. The minimum Gasteiger partial charge on any atom is -0.376 e. The van der Waals surface area contributed by atoms with Crippen LogP contribution in [0, 0.1) is 0 Å². The van der Waals surface area contributed by atoms with Crippen molar-refractivity contribution >= 4 is 35.4 Å². The first-order valence-corrected chi connectivity index (χ1v) is 12.8. The van der Waals surface area contributed by atoms with E-state index in [1.54, 1.807) is 69.6 Å². The number of aromatic nitrogens is 1. The molecule has 9 heteroatoms. The van der Waals surface area contributed by atoms with E-state index in [1.165, 1.54) is 4.90 Å². The Hall–Kier alpha value is -3.75. The van der Waals surface area contributed by atoms with Crippen molar-refractivity contribution in [3.63, 3.8) is 0 Å². The molecule has 1 N–H and O–H groups in total.